The van der Waals surface area contributed by atoms with Gasteiger partial charge in [0.15, 0.2) is 5.82 Å². The number of likely N-dealkylation sites (N-methyl/N-ethyl adjacent to an activating group) is 1. The van der Waals surface area contributed by atoms with Crippen molar-refractivity contribution in [2.75, 3.05) is 46.4 Å². The lowest BCUT2D eigenvalue weighted by Gasteiger charge is -2.38. The third-order valence-corrected chi connectivity index (χ3v) is 6.15. The van der Waals surface area contributed by atoms with Crippen molar-refractivity contribution in [1.29, 1.82) is 0 Å². The third kappa shape index (κ3) is 4.39. The van der Waals surface area contributed by atoms with Crippen molar-refractivity contribution in [3.63, 3.8) is 0 Å². The van der Waals surface area contributed by atoms with E-state index in [4.69, 9.17) is 4.74 Å². The number of nitrogens with one attached hydrogen (secondary N) is 1. The van der Waals surface area contributed by atoms with Crippen LogP contribution in [0, 0.1) is 13.8 Å². The van der Waals surface area contributed by atoms with Crippen LogP contribution in [0.4, 0.5) is 0 Å². The standard InChI is InChI=1S/C22H31N7O2/c1-5-27-6-8-28(9-7-27)20(21-24-25-26-29(21)10-11-31-4)18-14-17-13-15(2)12-16(3)19(17)23-22(18)30/h12-14,20H,5-11H2,1-4H3,(H,23,30)/t20-/m1/s1. The van der Waals surface area contributed by atoms with Crippen LogP contribution in [0.5, 0.6) is 0 Å². The number of pyridine rings is 1. The lowest BCUT2D eigenvalue weighted by atomic mass is 10.00. The van der Waals surface area contributed by atoms with Crippen LogP contribution in [0.3, 0.4) is 0 Å². The van der Waals surface area contributed by atoms with Crippen molar-refractivity contribution in [3.8, 4) is 0 Å². The van der Waals surface area contributed by atoms with Gasteiger partial charge in [0.1, 0.15) is 6.04 Å². The van der Waals surface area contributed by atoms with E-state index in [1.54, 1.807) is 11.8 Å². The zero-order chi connectivity index (χ0) is 22.0. The van der Waals surface area contributed by atoms with Crippen LogP contribution < -0.4 is 5.56 Å². The van der Waals surface area contributed by atoms with Crippen LogP contribution in [0.15, 0.2) is 23.0 Å². The molecule has 3 heterocycles. The molecule has 0 bridgehead atoms. The summed E-state index contributed by atoms with van der Waals surface area (Å²) in [6.45, 7) is 11.9. The van der Waals surface area contributed by atoms with Gasteiger partial charge in [-0.1, -0.05) is 18.6 Å². The Hall–Kier alpha value is -2.62. The Morgan fingerprint density at radius 3 is 2.65 bits per heavy atom. The van der Waals surface area contributed by atoms with E-state index < -0.39 is 0 Å². The van der Waals surface area contributed by atoms with Gasteiger partial charge < -0.3 is 14.6 Å². The summed E-state index contributed by atoms with van der Waals surface area (Å²) < 4.78 is 6.99. The molecule has 9 heteroatoms. The van der Waals surface area contributed by atoms with Gasteiger partial charge in [0.05, 0.1) is 18.7 Å². The Labute approximate surface area is 182 Å². The molecule has 1 fully saturated rings. The molecular weight excluding hydrogens is 394 g/mol. The van der Waals surface area contributed by atoms with Crippen molar-refractivity contribution >= 4 is 10.9 Å². The number of benzene rings is 1. The number of H-pyrrole nitrogens is 1. The van der Waals surface area contributed by atoms with E-state index in [0.717, 1.165) is 49.2 Å². The molecule has 9 nitrogen and oxygen atoms in total. The fraction of sp³-hybridized carbons (Fsp3) is 0.545. The highest BCUT2D eigenvalue weighted by atomic mass is 16.5. The summed E-state index contributed by atoms with van der Waals surface area (Å²) in [4.78, 5) is 21.2. The van der Waals surface area contributed by atoms with Crippen molar-refractivity contribution in [3.05, 3.63) is 51.1 Å². The molecule has 31 heavy (non-hydrogen) atoms. The molecule has 1 atom stereocenters. The molecule has 1 aliphatic heterocycles. The lowest BCUT2D eigenvalue weighted by molar-refractivity contribution is 0.106. The van der Waals surface area contributed by atoms with Gasteiger partial charge in [0.25, 0.3) is 5.56 Å². The summed E-state index contributed by atoms with van der Waals surface area (Å²) >= 11 is 0. The summed E-state index contributed by atoms with van der Waals surface area (Å²) in [7, 11) is 1.66. The topological polar surface area (TPSA) is 92.2 Å². The van der Waals surface area contributed by atoms with Crippen LogP contribution in [0.25, 0.3) is 10.9 Å². The van der Waals surface area contributed by atoms with Gasteiger partial charge in [0.2, 0.25) is 0 Å². The Morgan fingerprint density at radius 2 is 1.94 bits per heavy atom. The van der Waals surface area contributed by atoms with E-state index in [2.05, 4.69) is 56.3 Å². The molecule has 1 aliphatic rings. The van der Waals surface area contributed by atoms with E-state index in [1.807, 2.05) is 13.0 Å². The van der Waals surface area contributed by atoms with Crippen LogP contribution in [-0.4, -0.2) is 81.4 Å². The van der Waals surface area contributed by atoms with Gasteiger partial charge in [-0.15, -0.1) is 5.10 Å². The number of piperazine rings is 1. The second kappa shape index (κ2) is 9.25. The van der Waals surface area contributed by atoms with Gasteiger partial charge in [0, 0.05) is 38.9 Å². The van der Waals surface area contributed by atoms with E-state index in [-0.39, 0.29) is 11.6 Å². The molecule has 1 N–H and O–H groups in total. The zero-order valence-corrected chi connectivity index (χ0v) is 18.8. The van der Waals surface area contributed by atoms with Crippen molar-refractivity contribution < 1.29 is 4.74 Å². The maximum absolute atomic E-state index is 13.3. The lowest BCUT2D eigenvalue weighted by Crippen LogP contribution is -2.49. The summed E-state index contributed by atoms with van der Waals surface area (Å²) in [6.07, 6.45) is 0. The molecule has 0 unspecified atom stereocenters. The SMILES string of the molecule is CCN1CCN([C@H](c2cc3cc(C)cc(C)c3[nH]c2=O)c2nnnn2CCOC)CC1. The number of aromatic nitrogens is 5. The van der Waals surface area contributed by atoms with Gasteiger partial charge in [-0.05, 0) is 53.9 Å². The first-order valence-electron chi connectivity index (χ1n) is 10.9. The van der Waals surface area contributed by atoms with Crippen LogP contribution in [-0.2, 0) is 11.3 Å². The average molecular weight is 426 g/mol. The van der Waals surface area contributed by atoms with Crippen molar-refractivity contribution in [1.82, 2.24) is 35.0 Å². The van der Waals surface area contributed by atoms with Gasteiger partial charge in [-0.3, -0.25) is 9.69 Å². The van der Waals surface area contributed by atoms with E-state index in [1.165, 1.54) is 5.56 Å². The Morgan fingerprint density at radius 1 is 1.16 bits per heavy atom. The quantitative estimate of drug-likeness (QED) is 0.613. The summed E-state index contributed by atoms with van der Waals surface area (Å²) in [5.41, 5.74) is 3.70. The Bertz CT molecular complexity index is 1100. The number of aromatic amines is 1. The number of hydrogen-bond donors (Lipinski definition) is 1. The maximum Gasteiger partial charge on any atom is 0.253 e. The molecule has 4 rings (SSSR count). The van der Waals surface area contributed by atoms with E-state index in [0.29, 0.717) is 24.5 Å². The minimum atomic E-state index is -0.320. The summed E-state index contributed by atoms with van der Waals surface area (Å²) in [5, 5.41) is 13.5. The first-order chi connectivity index (χ1) is 15.0. The molecule has 0 amide bonds. The first kappa shape index (κ1) is 21.6. The predicted molar refractivity (Wildman–Crippen MR) is 119 cm³/mol. The molecule has 0 spiro atoms. The first-order valence-corrected chi connectivity index (χ1v) is 10.9. The zero-order valence-electron chi connectivity index (χ0n) is 18.8. The number of methoxy groups -OCH3 is 1. The Kier molecular flexibility index (Phi) is 6.45. The highest BCUT2D eigenvalue weighted by molar-refractivity contribution is 5.83. The smallest absolute Gasteiger partial charge is 0.253 e. The predicted octanol–water partition coefficient (Wildman–Crippen LogP) is 1.50. The van der Waals surface area contributed by atoms with Crippen LogP contribution in [0.2, 0.25) is 0 Å². The molecule has 0 saturated carbocycles. The minimum Gasteiger partial charge on any atom is -0.383 e. The third-order valence-electron chi connectivity index (χ3n) is 6.15. The van der Waals surface area contributed by atoms with Gasteiger partial charge in [-0.2, -0.15) is 0 Å². The number of nitrogens with zero attached hydrogens (tertiary/aromatic N) is 6. The number of rotatable bonds is 7. The highest BCUT2D eigenvalue weighted by Gasteiger charge is 2.32. The van der Waals surface area contributed by atoms with E-state index >= 15 is 0 Å². The van der Waals surface area contributed by atoms with E-state index in [9.17, 15) is 4.79 Å². The van der Waals surface area contributed by atoms with Gasteiger partial charge in [-0.25, -0.2) is 4.68 Å². The second-order valence-corrected chi connectivity index (χ2v) is 8.23. The largest absolute Gasteiger partial charge is 0.383 e. The highest BCUT2D eigenvalue weighted by Crippen LogP contribution is 2.28. The molecule has 166 valence electrons. The summed E-state index contributed by atoms with van der Waals surface area (Å²) in [6, 6.07) is 5.90. The maximum atomic E-state index is 13.3. The summed E-state index contributed by atoms with van der Waals surface area (Å²) in [5.74, 6) is 0.677. The van der Waals surface area contributed by atoms with Crippen molar-refractivity contribution in [2.45, 2.75) is 33.4 Å². The number of fused-ring (bicyclic) bond motifs is 1. The number of hydrogen-bond acceptors (Lipinski definition) is 7. The molecule has 1 aromatic carbocycles. The molecular formula is C22H31N7O2. The molecule has 0 aliphatic carbocycles. The minimum absolute atomic E-state index is 0.0938. The Balaban J connectivity index is 1.82. The number of tetrazole rings is 1. The van der Waals surface area contributed by atoms with Gasteiger partial charge >= 0.3 is 0 Å². The fourth-order valence-corrected chi connectivity index (χ4v) is 4.49. The van der Waals surface area contributed by atoms with Crippen LogP contribution in [0.1, 0.15) is 35.5 Å². The molecule has 2 aromatic heterocycles. The number of ether oxygens (including phenoxy) is 1. The normalized spacial score (nSPS) is 16.8. The number of aryl methyl sites for hydroxylation is 2. The average Bonchev–Trinajstić information content (AvgIpc) is 3.22. The molecule has 0 radical (unpaired) electrons. The molecule has 1 saturated heterocycles. The second-order valence-electron chi connectivity index (χ2n) is 8.23. The fourth-order valence-electron chi connectivity index (χ4n) is 4.49. The molecule has 3 aromatic rings. The monoisotopic (exact) mass is 425 g/mol. The van der Waals surface area contributed by atoms with Crippen molar-refractivity contribution in [2.24, 2.45) is 0 Å². The van der Waals surface area contributed by atoms with Crippen LogP contribution >= 0.6 is 0 Å².